The Bertz CT molecular complexity index is 1270. The molecule has 0 radical (unpaired) electrons. The molecule has 0 aliphatic heterocycles. The lowest BCUT2D eigenvalue weighted by molar-refractivity contribution is -0.119. The number of para-hydroxylation sites is 2. The molecule has 10 heteroatoms. The monoisotopic (exact) mass is 518 g/mol. The molecular weight excluding hydrogens is 492 g/mol. The number of ether oxygens (including phenoxy) is 3. The predicted molar refractivity (Wildman–Crippen MR) is 135 cm³/mol. The molecule has 0 aromatic heterocycles. The van der Waals surface area contributed by atoms with Crippen LogP contribution in [-0.2, 0) is 14.8 Å². The van der Waals surface area contributed by atoms with Crippen molar-refractivity contribution in [3.63, 3.8) is 0 Å². The average molecular weight is 519 g/mol. The highest BCUT2D eigenvalue weighted by Gasteiger charge is 2.29. The van der Waals surface area contributed by atoms with E-state index in [0.717, 1.165) is 9.87 Å². The third-order valence-corrected chi connectivity index (χ3v) is 7.07. The summed E-state index contributed by atoms with van der Waals surface area (Å²) in [6, 6.07) is 18.1. The van der Waals surface area contributed by atoms with Crippen molar-refractivity contribution in [1.82, 2.24) is 5.32 Å². The number of aryl methyl sites for hydroxylation is 1. The maximum absolute atomic E-state index is 13.6. The van der Waals surface area contributed by atoms with Crippen LogP contribution >= 0.6 is 11.6 Å². The van der Waals surface area contributed by atoms with Crippen LogP contribution in [0.4, 0.5) is 5.69 Å². The second-order valence-corrected chi connectivity index (χ2v) is 9.79. The van der Waals surface area contributed by atoms with E-state index in [0.29, 0.717) is 16.5 Å². The standard InChI is InChI=1S/C25H27ClN2O6S/c1-18-8-11-20(12-9-18)35(30,31)28(21-16-19(26)10-13-22(21)32-2)17-25(29)27-14-15-34-24-7-5-4-6-23(24)33-3/h4-13,16H,14-15,17H2,1-3H3,(H,27,29). The van der Waals surface area contributed by atoms with Gasteiger partial charge < -0.3 is 19.5 Å². The molecule has 1 amide bonds. The van der Waals surface area contributed by atoms with Crippen molar-refractivity contribution in [1.29, 1.82) is 0 Å². The van der Waals surface area contributed by atoms with E-state index in [1.54, 1.807) is 36.4 Å². The van der Waals surface area contributed by atoms with Crippen LogP contribution in [0.2, 0.25) is 5.02 Å². The van der Waals surface area contributed by atoms with Crippen LogP contribution in [0.1, 0.15) is 5.56 Å². The second kappa shape index (κ2) is 11.8. The van der Waals surface area contributed by atoms with Gasteiger partial charge in [0.15, 0.2) is 11.5 Å². The summed E-state index contributed by atoms with van der Waals surface area (Å²) < 4.78 is 44.3. The first kappa shape index (κ1) is 26.2. The number of sulfonamides is 1. The van der Waals surface area contributed by atoms with Gasteiger partial charge in [-0.1, -0.05) is 41.4 Å². The van der Waals surface area contributed by atoms with Gasteiger partial charge in [-0.25, -0.2) is 8.42 Å². The third kappa shape index (κ3) is 6.58. The summed E-state index contributed by atoms with van der Waals surface area (Å²) in [6.45, 7) is 1.69. The number of benzene rings is 3. The zero-order valence-corrected chi connectivity index (χ0v) is 21.2. The van der Waals surface area contributed by atoms with Gasteiger partial charge in [0, 0.05) is 5.02 Å². The van der Waals surface area contributed by atoms with Crippen molar-refractivity contribution in [2.24, 2.45) is 0 Å². The minimum absolute atomic E-state index is 0.0393. The van der Waals surface area contributed by atoms with Gasteiger partial charge in [0.25, 0.3) is 10.0 Å². The fourth-order valence-corrected chi connectivity index (χ4v) is 4.86. The molecule has 0 aliphatic carbocycles. The van der Waals surface area contributed by atoms with E-state index in [9.17, 15) is 13.2 Å². The van der Waals surface area contributed by atoms with Gasteiger partial charge in [0.2, 0.25) is 5.91 Å². The Morgan fingerprint density at radius 3 is 2.26 bits per heavy atom. The van der Waals surface area contributed by atoms with E-state index in [-0.39, 0.29) is 29.5 Å². The number of anilines is 1. The van der Waals surface area contributed by atoms with E-state index in [4.69, 9.17) is 25.8 Å². The fraction of sp³-hybridized carbons (Fsp3) is 0.240. The molecule has 0 fully saturated rings. The molecule has 35 heavy (non-hydrogen) atoms. The van der Waals surface area contributed by atoms with Crippen LogP contribution in [0, 0.1) is 6.92 Å². The van der Waals surface area contributed by atoms with E-state index >= 15 is 0 Å². The minimum Gasteiger partial charge on any atom is -0.495 e. The zero-order valence-electron chi connectivity index (χ0n) is 19.7. The highest BCUT2D eigenvalue weighted by atomic mass is 35.5. The molecule has 0 spiro atoms. The molecule has 0 bridgehead atoms. The van der Waals surface area contributed by atoms with Crippen molar-refractivity contribution >= 4 is 33.2 Å². The van der Waals surface area contributed by atoms with Gasteiger partial charge in [0.1, 0.15) is 18.9 Å². The maximum atomic E-state index is 13.6. The number of methoxy groups -OCH3 is 2. The minimum atomic E-state index is -4.11. The summed E-state index contributed by atoms with van der Waals surface area (Å²) in [7, 11) is -1.16. The summed E-state index contributed by atoms with van der Waals surface area (Å²) in [6.07, 6.45) is 0. The molecule has 3 aromatic carbocycles. The molecular formula is C25H27ClN2O6S. The summed E-state index contributed by atoms with van der Waals surface area (Å²) in [5, 5.41) is 2.99. The van der Waals surface area contributed by atoms with Crippen LogP contribution < -0.4 is 23.8 Å². The topological polar surface area (TPSA) is 94.2 Å². The van der Waals surface area contributed by atoms with Crippen molar-refractivity contribution < 1.29 is 27.4 Å². The first-order valence-corrected chi connectivity index (χ1v) is 12.5. The van der Waals surface area contributed by atoms with Gasteiger partial charge in [-0.15, -0.1) is 0 Å². The SMILES string of the molecule is COc1ccccc1OCCNC(=O)CN(c1cc(Cl)ccc1OC)S(=O)(=O)c1ccc(C)cc1. The van der Waals surface area contributed by atoms with Crippen molar-refractivity contribution in [2.75, 3.05) is 38.2 Å². The van der Waals surface area contributed by atoms with Gasteiger partial charge >= 0.3 is 0 Å². The Hall–Kier alpha value is -3.43. The summed E-state index contributed by atoms with van der Waals surface area (Å²) >= 11 is 6.15. The van der Waals surface area contributed by atoms with Gasteiger partial charge in [-0.3, -0.25) is 9.10 Å². The Balaban J connectivity index is 1.79. The Morgan fingerprint density at radius 2 is 1.60 bits per heavy atom. The van der Waals surface area contributed by atoms with Crippen molar-refractivity contribution in [2.45, 2.75) is 11.8 Å². The third-order valence-electron chi connectivity index (χ3n) is 5.06. The quantitative estimate of drug-likeness (QED) is 0.385. The second-order valence-electron chi connectivity index (χ2n) is 7.49. The van der Waals surface area contributed by atoms with Gasteiger partial charge in [-0.2, -0.15) is 0 Å². The zero-order chi connectivity index (χ0) is 25.4. The lowest BCUT2D eigenvalue weighted by atomic mass is 10.2. The van der Waals surface area contributed by atoms with Crippen LogP contribution in [0.5, 0.6) is 17.2 Å². The Labute approximate surface area is 210 Å². The van der Waals surface area contributed by atoms with E-state index in [1.807, 2.05) is 19.1 Å². The molecule has 0 aliphatic rings. The number of amides is 1. The maximum Gasteiger partial charge on any atom is 0.264 e. The number of nitrogens with one attached hydrogen (secondary N) is 1. The highest BCUT2D eigenvalue weighted by Crippen LogP contribution is 2.34. The van der Waals surface area contributed by atoms with E-state index < -0.39 is 22.5 Å². The molecule has 0 saturated carbocycles. The number of halogens is 1. The highest BCUT2D eigenvalue weighted by molar-refractivity contribution is 7.92. The van der Waals surface area contributed by atoms with Crippen LogP contribution in [0.25, 0.3) is 0 Å². The molecule has 0 unspecified atom stereocenters. The molecule has 3 rings (SSSR count). The predicted octanol–water partition coefficient (Wildman–Crippen LogP) is 4.06. The largest absolute Gasteiger partial charge is 0.495 e. The van der Waals surface area contributed by atoms with Crippen LogP contribution in [0.3, 0.4) is 0 Å². The fourth-order valence-electron chi connectivity index (χ4n) is 3.27. The Morgan fingerprint density at radius 1 is 0.943 bits per heavy atom. The lowest BCUT2D eigenvalue weighted by Gasteiger charge is -2.26. The van der Waals surface area contributed by atoms with E-state index in [2.05, 4.69) is 5.32 Å². The van der Waals surface area contributed by atoms with E-state index in [1.165, 1.54) is 32.4 Å². The number of hydrogen-bond acceptors (Lipinski definition) is 6. The molecule has 1 N–H and O–H groups in total. The number of hydrogen-bond donors (Lipinski definition) is 1. The molecule has 3 aromatic rings. The van der Waals surface area contributed by atoms with Crippen LogP contribution in [0.15, 0.2) is 71.6 Å². The van der Waals surface area contributed by atoms with Crippen molar-refractivity contribution in [3.05, 3.63) is 77.3 Å². The summed E-state index contributed by atoms with van der Waals surface area (Å²) in [5.74, 6) is 0.850. The van der Waals surface area contributed by atoms with Gasteiger partial charge in [-0.05, 0) is 49.4 Å². The first-order chi connectivity index (χ1) is 16.8. The number of rotatable bonds is 11. The number of nitrogens with zero attached hydrogens (tertiary/aromatic N) is 1. The summed E-state index contributed by atoms with van der Waals surface area (Å²) in [4.78, 5) is 12.8. The first-order valence-electron chi connectivity index (χ1n) is 10.7. The van der Waals surface area contributed by atoms with Crippen molar-refractivity contribution in [3.8, 4) is 17.2 Å². The number of carbonyl (C=O) groups is 1. The normalized spacial score (nSPS) is 11.0. The molecule has 186 valence electrons. The summed E-state index contributed by atoms with van der Waals surface area (Å²) in [5.41, 5.74) is 1.06. The smallest absolute Gasteiger partial charge is 0.264 e. The average Bonchev–Trinajstić information content (AvgIpc) is 2.85. The van der Waals surface area contributed by atoms with Crippen LogP contribution in [-0.4, -0.2) is 48.2 Å². The number of carbonyl (C=O) groups excluding carboxylic acids is 1. The molecule has 0 atom stereocenters. The molecule has 0 saturated heterocycles. The lowest BCUT2D eigenvalue weighted by Crippen LogP contribution is -2.42. The Kier molecular flexibility index (Phi) is 8.84. The molecule has 0 heterocycles. The van der Waals surface area contributed by atoms with Gasteiger partial charge in [0.05, 0.1) is 31.3 Å². The molecule has 8 nitrogen and oxygen atoms in total.